The first kappa shape index (κ1) is 16.7. The summed E-state index contributed by atoms with van der Waals surface area (Å²) < 4.78 is 20.6. The third-order valence-corrected chi connectivity index (χ3v) is 5.09. The summed E-state index contributed by atoms with van der Waals surface area (Å²) in [6, 6.07) is 11.6. The minimum atomic E-state index is -0.491. The van der Waals surface area contributed by atoms with Crippen molar-refractivity contribution in [1.29, 1.82) is 0 Å². The molecule has 0 radical (unpaired) electrons. The molecule has 2 heterocycles. The van der Waals surface area contributed by atoms with Crippen LogP contribution in [0.5, 0.6) is 5.75 Å². The van der Waals surface area contributed by atoms with Gasteiger partial charge in [0.2, 0.25) is 4.96 Å². The molecule has 26 heavy (non-hydrogen) atoms. The van der Waals surface area contributed by atoms with E-state index >= 15 is 0 Å². The van der Waals surface area contributed by atoms with E-state index in [0.29, 0.717) is 15.3 Å². The van der Waals surface area contributed by atoms with Gasteiger partial charge in [0.15, 0.2) is 5.82 Å². The van der Waals surface area contributed by atoms with Crippen LogP contribution in [-0.2, 0) is 0 Å². The van der Waals surface area contributed by atoms with Gasteiger partial charge in [0.05, 0.1) is 16.7 Å². The molecule has 0 saturated carbocycles. The number of hydrogen-bond donors (Lipinski definition) is 0. The lowest BCUT2D eigenvalue weighted by Gasteiger charge is -1.99. The first-order valence-electron chi connectivity index (χ1n) is 7.56. The number of thiazole rings is 1. The average Bonchev–Trinajstić information content (AvgIpc) is 3.18. The van der Waals surface area contributed by atoms with Gasteiger partial charge in [-0.1, -0.05) is 29.0 Å². The van der Waals surface area contributed by atoms with Gasteiger partial charge in [-0.2, -0.15) is 9.50 Å². The zero-order valence-electron chi connectivity index (χ0n) is 13.4. The zero-order chi connectivity index (χ0) is 18.3. The number of methoxy groups -OCH3 is 1. The lowest BCUT2D eigenvalue weighted by atomic mass is 10.2. The quantitative estimate of drug-likeness (QED) is 0.542. The number of aromatic nitrogens is 3. The standard InChI is InChI=1S/C18H11ClFN3O2S/c1-25-11-7-5-10(6-8-11)16-21-18-23(22-16)17(24)15(26-18)9-12-13(19)3-2-4-14(12)20/h2-9H,1H3/b15-9-. The Kier molecular flexibility index (Phi) is 4.18. The van der Waals surface area contributed by atoms with Gasteiger partial charge in [0.1, 0.15) is 11.6 Å². The Hall–Kier alpha value is -2.77. The van der Waals surface area contributed by atoms with Gasteiger partial charge < -0.3 is 4.74 Å². The van der Waals surface area contributed by atoms with E-state index in [1.165, 1.54) is 22.7 Å². The molecule has 0 aliphatic heterocycles. The molecule has 4 aromatic rings. The summed E-state index contributed by atoms with van der Waals surface area (Å²) in [6.45, 7) is 0. The highest BCUT2D eigenvalue weighted by molar-refractivity contribution is 7.15. The molecule has 0 saturated heterocycles. The summed E-state index contributed by atoms with van der Waals surface area (Å²) in [5, 5.41) is 4.50. The van der Waals surface area contributed by atoms with E-state index in [2.05, 4.69) is 10.1 Å². The number of ether oxygens (including phenoxy) is 1. The summed E-state index contributed by atoms with van der Waals surface area (Å²) in [5.41, 5.74) is 0.575. The van der Waals surface area contributed by atoms with Crippen LogP contribution in [0.4, 0.5) is 4.39 Å². The number of halogens is 2. The maximum Gasteiger partial charge on any atom is 0.291 e. The predicted octanol–water partition coefficient (Wildman–Crippen LogP) is 3.17. The van der Waals surface area contributed by atoms with Crippen LogP contribution < -0.4 is 14.8 Å². The number of fused-ring (bicyclic) bond motifs is 1. The second-order valence-electron chi connectivity index (χ2n) is 5.41. The Morgan fingerprint density at radius 1 is 1.23 bits per heavy atom. The maximum atomic E-state index is 13.9. The lowest BCUT2D eigenvalue weighted by Crippen LogP contribution is -2.23. The normalized spacial score (nSPS) is 12.0. The molecular formula is C18H11ClFN3O2S. The van der Waals surface area contributed by atoms with Crippen LogP contribution in [0, 0.1) is 5.82 Å². The van der Waals surface area contributed by atoms with E-state index in [-0.39, 0.29) is 16.1 Å². The van der Waals surface area contributed by atoms with Crippen LogP contribution in [0.2, 0.25) is 5.02 Å². The summed E-state index contributed by atoms with van der Waals surface area (Å²) in [6.07, 6.45) is 1.42. The molecule has 0 unspecified atom stereocenters. The highest BCUT2D eigenvalue weighted by Gasteiger charge is 2.13. The molecular weight excluding hydrogens is 377 g/mol. The van der Waals surface area contributed by atoms with Crippen LogP contribution in [0.25, 0.3) is 22.4 Å². The smallest absolute Gasteiger partial charge is 0.291 e. The van der Waals surface area contributed by atoms with E-state index in [1.807, 2.05) is 12.1 Å². The largest absolute Gasteiger partial charge is 0.497 e. The topological polar surface area (TPSA) is 56.5 Å². The highest BCUT2D eigenvalue weighted by atomic mass is 35.5. The number of rotatable bonds is 3. The minimum Gasteiger partial charge on any atom is -0.497 e. The van der Waals surface area contributed by atoms with Crippen molar-refractivity contribution in [2.75, 3.05) is 7.11 Å². The minimum absolute atomic E-state index is 0.172. The van der Waals surface area contributed by atoms with Gasteiger partial charge in [0, 0.05) is 11.1 Å². The second kappa shape index (κ2) is 6.51. The average molecular weight is 388 g/mol. The van der Waals surface area contributed by atoms with Crippen molar-refractivity contribution in [3.05, 3.63) is 73.8 Å². The third kappa shape index (κ3) is 2.85. The number of nitrogens with zero attached hydrogens (tertiary/aromatic N) is 3. The molecule has 130 valence electrons. The lowest BCUT2D eigenvalue weighted by molar-refractivity contribution is 0.415. The zero-order valence-corrected chi connectivity index (χ0v) is 15.0. The Bertz CT molecular complexity index is 1200. The van der Waals surface area contributed by atoms with Crippen molar-refractivity contribution in [3.63, 3.8) is 0 Å². The van der Waals surface area contributed by atoms with Gasteiger partial charge in [-0.3, -0.25) is 4.79 Å². The fourth-order valence-corrected chi connectivity index (χ4v) is 3.58. The molecule has 0 fully saturated rings. The van der Waals surface area contributed by atoms with Gasteiger partial charge in [-0.25, -0.2) is 4.39 Å². The Labute approximate surface area is 155 Å². The fraction of sp³-hybridized carbons (Fsp3) is 0.0556. The molecule has 4 rings (SSSR count). The monoisotopic (exact) mass is 387 g/mol. The predicted molar refractivity (Wildman–Crippen MR) is 99.3 cm³/mol. The van der Waals surface area contributed by atoms with E-state index in [1.54, 1.807) is 25.3 Å². The molecule has 0 atom stereocenters. The fourth-order valence-electron chi connectivity index (χ4n) is 2.48. The van der Waals surface area contributed by atoms with Crippen molar-refractivity contribution in [1.82, 2.24) is 14.6 Å². The van der Waals surface area contributed by atoms with Crippen LogP contribution in [0.3, 0.4) is 0 Å². The van der Waals surface area contributed by atoms with Gasteiger partial charge in [-0.15, -0.1) is 5.10 Å². The van der Waals surface area contributed by atoms with Crippen LogP contribution in [0.1, 0.15) is 5.56 Å². The van der Waals surface area contributed by atoms with E-state index in [9.17, 15) is 9.18 Å². The molecule has 0 aliphatic carbocycles. The van der Waals surface area contributed by atoms with E-state index in [4.69, 9.17) is 16.3 Å². The molecule has 2 aromatic carbocycles. The van der Waals surface area contributed by atoms with Crippen molar-refractivity contribution in [2.45, 2.75) is 0 Å². The molecule has 0 amide bonds. The van der Waals surface area contributed by atoms with Crippen LogP contribution in [0.15, 0.2) is 47.3 Å². The molecule has 2 aromatic heterocycles. The number of hydrogen-bond acceptors (Lipinski definition) is 5. The van der Waals surface area contributed by atoms with Gasteiger partial charge >= 0.3 is 0 Å². The van der Waals surface area contributed by atoms with Gasteiger partial charge in [-0.05, 0) is 42.5 Å². The summed E-state index contributed by atoms with van der Waals surface area (Å²) in [4.78, 5) is 17.4. The Morgan fingerprint density at radius 2 is 2.00 bits per heavy atom. The van der Waals surface area contributed by atoms with E-state index in [0.717, 1.165) is 22.6 Å². The molecule has 5 nitrogen and oxygen atoms in total. The van der Waals surface area contributed by atoms with E-state index < -0.39 is 5.82 Å². The van der Waals surface area contributed by atoms with Crippen LogP contribution in [-0.4, -0.2) is 21.7 Å². The molecule has 8 heteroatoms. The first-order valence-corrected chi connectivity index (χ1v) is 8.76. The Morgan fingerprint density at radius 3 is 2.65 bits per heavy atom. The maximum absolute atomic E-state index is 13.9. The number of benzene rings is 2. The molecule has 0 spiro atoms. The van der Waals surface area contributed by atoms with Crippen LogP contribution >= 0.6 is 22.9 Å². The van der Waals surface area contributed by atoms with Crippen molar-refractivity contribution < 1.29 is 9.13 Å². The highest BCUT2D eigenvalue weighted by Crippen LogP contribution is 2.21. The third-order valence-electron chi connectivity index (χ3n) is 3.81. The second-order valence-corrected chi connectivity index (χ2v) is 6.83. The summed E-state index contributed by atoms with van der Waals surface area (Å²) in [5.74, 6) is 0.666. The van der Waals surface area contributed by atoms with Gasteiger partial charge in [0.25, 0.3) is 5.56 Å². The first-order chi connectivity index (χ1) is 12.6. The molecule has 0 N–H and O–H groups in total. The molecule has 0 aliphatic rings. The summed E-state index contributed by atoms with van der Waals surface area (Å²) >= 11 is 7.15. The Balaban J connectivity index is 1.81. The SMILES string of the molecule is COc1ccc(-c2nc3s/c(=C\c4c(F)cccc4Cl)c(=O)n3n2)cc1. The molecule has 0 bridgehead atoms. The van der Waals surface area contributed by atoms with Crippen molar-refractivity contribution >= 4 is 34.0 Å². The van der Waals surface area contributed by atoms with Crippen molar-refractivity contribution in [2.24, 2.45) is 0 Å². The summed E-state index contributed by atoms with van der Waals surface area (Å²) in [7, 11) is 1.59. The van der Waals surface area contributed by atoms with Crippen molar-refractivity contribution in [3.8, 4) is 17.1 Å².